The largest absolute Gasteiger partial charge is 0.481 e. The van der Waals surface area contributed by atoms with E-state index in [9.17, 15) is 14.4 Å². The second-order valence-electron chi connectivity index (χ2n) is 7.95. The second kappa shape index (κ2) is 11.3. The molecule has 0 fully saturated rings. The van der Waals surface area contributed by atoms with Crippen LogP contribution in [0, 0.1) is 0 Å². The number of aliphatic carboxylic acids is 1. The van der Waals surface area contributed by atoms with Crippen LogP contribution in [0.3, 0.4) is 0 Å². The molecule has 3 rings (SSSR count). The first-order valence-electron chi connectivity index (χ1n) is 11.1. The molecule has 0 heterocycles. The van der Waals surface area contributed by atoms with Crippen molar-refractivity contribution in [3.05, 3.63) is 59.7 Å². The average Bonchev–Trinajstić information content (AvgIpc) is 3.11. The molecule has 0 spiro atoms. The van der Waals surface area contributed by atoms with E-state index in [-0.39, 0.29) is 25.4 Å². The van der Waals surface area contributed by atoms with Gasteiger partial charge < -0.3 is 20.5 Å². The molecule has 3 N–H and O–H groups in total. The number of carbonyl (C=O) groups excluding carboxylic acids is 2. The Morgan fingerprint density at radius 1 is 1.00 bits per heavy atom. The summed E-state index contributed by atoms with van der Waals surface area (Å²) in [6.45, 7) is 2.68. The lowest BCUT2D eigenvalue weighted by Crippen LogP contribution is -2.47. The van der Waals surface area contributed by atoms with Gasteiger partial charge in [0.1, 0.15) is 12.6 Å². The van der Waals surface area contributed by atoms with Crippen LogP contribution in [0.2, 0.25) is 0 Å². The fourth-order valence-corrected chi connectivity index (χ4v) is 4.03. The molecule has 0 saturated carbocycles. The zero-order valence-electron chi connectivity index (χ0n) is 18.3. The van der Waals surface area contributed by atoms with Crippen molar-refractivity contribution in [3.63, 3.8) is 0 Å². The van der Waals surface area contributed by atoms with Gasteiger partial charge in [-0.25, -0.2) is 4.79 Å². The highest BCUT2D eigenvalue weighted by Crippen LogP contribution is 2.44. The average molecular weight is 439 g/mol. The van der Waals surface area contributed by atoms with Gasteiger partial charge in [0, 0.05) is 18.9 Å². The van der Waals surface area contributed by atoms with E-state index in [2.05, 4.69) is 29.7 Å². The number of benzene rings is 2. The van der Waals surface area contributed by atoms with Crippen LogP contribution in [0.15, 0.2) is 48.5 Å². The molecule has 7 heteroatoms. The van der Waals surface area contributed by atoms with Gasteiger partial charge in [-0.05, 0) is 35.1 Å². The topological polar surface area (TPSA) is 105 Å². The fourth-order valence-electron chi connectivity index (χ4n) is 4.03. The van der Waals surface area contributed by atoms with Gasteiger partial charge in [0.25, 0.3) is 0 Å². The van der Waals surface area contributed by atoms with Crippen LogP contribution in [0.1, 0.15) is 56.1 Å². The molecule has 0 bridgehead atoms. The van der Waals surface area contributed by atoms with Crippen molar-refractivity contribution in [1.82, 2.24) is 10.6 Å². The second-order valence-corrected chi connectivity index (χ2v) is 7.95. The molecule has 1 atom stereocenters. The predicted octanol–water partition coefficient (Wildman–Crippen LogP) is 4.06. The molecule has 1 unspecified atom stereocenters. The molecule has 0 saturated heterocycles. The van der Waals surface area contributed by atoms with Crippen LogP contribution in [0.25, 0.3) is 11.1 Å². The summed E-state index contributed by atoms with van der Waals surface area (Å²) in [7, 11) is 0. The Balaban J connectivity index is 1.61. The minimum absolute atomic E-state index is 0.000853. The molecule has 1 aliphatic rings. The summed E-state index contributed by atoms with van der Waals surface area (Å²) in [6, 6.07) is 15.1. The van der Waals surface area contributed by atoms with Crippen LogP contribution in [-0.4, -0.2) is 42.3 Å². The predicted molar refractivity (Wildman–Crippen MR) is 121 cm³/mol. The van der Waals surface area contributed by atoms with Crippen LogP contribution in [0.5, 0.6) is 0 Å². The van der Waals surface area contributed by atoms with Crippen LogP contribution < -0.4 is 10.6 Å². The SMILES string of the molecule is CCCCCNC(=O)C(CCC(=O)O)NC(=O)OCC1c2ccccc2-c2ccccc21. The van der Waals surface area contributed by atoms with Crippen LogP contribution >= 0.6 is 0 Å². The number of carboxylic acids is 1. The summed E-state index contributed by atoms with van der Waals surface area (Å²) in [5.74, 6) is -1.51. The van der Waals surface area contributed by atoms with E-state index >= 15 is 0 Å². The molecule has 7 nitrogen and oxygen atoms in total. The number of hydrogen-bond donors (Lipinski definition) is 3. The molecule has 0 aliphatic heterocycles. The molecule has 170 valence electrons. The van der Waals surface area contributed by atoms with Crippen molar-refractivity contribution in [3.8, 4) is 11.1 Å². The third-order valence-corrected chi connectivity index (χ3v) is 5.68. The van der Waals surface area contributed by atoms with Gasteiger partial charge in [0.05, 0.1) is 0 Å². The number of amides is 2. The van der Waals surface area contributed by atoms with Crippen molar-refractivity contribution >= 4 is 18.0 Å². The maximum absolute atomic E-state index is 12.5. The molecule has 0 aromatic heterocycles. The van der Waals surface area contributed by atoms with E-state index < -0.39 is 24.0 Å². The molecule has 2 aromatic rings. The smallest absolute Gasteiger partial charge is 0.407 e. The summed E-state index contributed by atoms with van der Waals surface area (Å²) in [5.41, 5.74) is 4.45. The van der Waals surface area contributed by atoms with E-state index in [4.69, 9.17) is 9.84 Å². The lowest BCUT2D eigenvalue weighted by molar-refractivity contribution is -0.137. The molecule has 1 aliphatic carbocycles. The normalized spacial score (nSPS) is 13.0. The molecule has 32 heavy (non-hydrogen) atoms. The first kappa shape index (κ1) is 23.3. The molecule has 2 amide bonds. The Morgan fingerprint density at radius 2 is 1.62 bits per heavy atom. The summed E-state index contributed by atoms with van der Waals surface area (Å²) >= 11 is 0. The maximum Gasteiger partial charge on any atom is 0.407 e. The van der Waals surface area contributed by atoms with E-state index in [1.807, 2.05) is 36.4 Å². The molecular weight excluding hydrogens is 408 g/mol. The third kappa shape index (κ3) is 5.87. The van der Waals surface area contributed by atoms with E-state index in [0.29, 0.717) is 6.54 Å². The quantitative estimate of drug-likeness (QED) is 0.459. The molecule has 2 aromatic carbocycles. The highest BCUT2D eigenvalue weighted by atomic mass is 16.5. The van der Waals surface area contributed by atoms with Crippen molar-refractivity contribution in [2.24, 2.45) is 0 Å². The number of nitrogens with one attached hydrogen (secondary N) is 2. The Labute approximate surface area is 188 Å². The van der Waals surface area contributed by atoms with Gasteiger partial charge in [-0.2, -0.15) is 0 Å². The summed E-state index contributed by atoms with van der Waals surface area (Å²) in [4.78, 5) is 35.9. The lowest BCUT2D eigenvalue weighted by Gasteiger charge is -2.19. The Kier molecular flexibility index (Phi) is 8.25. The highest BCUT2D eigenvalue weighted by molar-refractivity contribution is 5.86. The van der Waals surface area contributed by atoms with E-state index in [1.165, 1.54) is 0 Å². The number of alkyl carbamates (subject to hydrolysis) is 1. The van der Waals surface area contributed by atoms with Crippen molar-refractivity contribution < 1.29 is 24.2 Å². The summed E-state index contributed by atoms with van der Waals surface area (Å²) in [5, 5.41) is 14.3. The lowest BCUT2D eigenvalue weighted by atomic mass is 9.98. The van der Waals surface area contributed by atoms with Gasteiger partial charge in [-0.3, -0.25) is 9.59 Å². The number of hydrogen-bond acceptors (Lipinski definition) is 4. The number of ether oxygens (including phenoxy) is 1. The zero-order valence-corrected chi connectivity index (χ0v) is 18.3. The van der Waals surface area contributed by atoms with Gasteiger partial charge >= 0.3 is 12.1 Å². The number of fused-ring (bicyclic) bond motifs is 3. The monoisotopic (exact) mass is 438 g/mol. The van der Waals surface area contributed by atoms with Crippen molar-refractivity contribution in [2.45, 2.75) is 51.0 Å². The minimum Gasteiger partial charge on any atom is -0.481 e. The Hall–Kier alpha value is -3.35. The Morgan fingerprint density at radius 3 is 2.22 bits per heavy atom. The first-order valence-corrected chi connectivity index (χ1v) is 11.1. The molecule has 0 radical (unpaired) electrons. The van der Waals surface area contributed by atoms with Gasteiger partial charge in [0.2, 0.25) is 5.91 Å². The number of carbonyl (C=O) groups is 3. The van der Waals surface area contributed by atoms with Gasteiger partial charge in [-0.1, -0.05) is 68.3 Å². The molecular formula is C25H30N2O5. The summed E-state index contributed by atoms with van der Waals surface area (Å²) in [6.07, 6.45) is 1.89. The minimum atomic E-state index is -1.02. The van der Waals surface area contributed by atoms with E-state index in [0.717, 1.165) is 41.5 Å². The summed E-state index contributed by atoms with van der Waals surface area (Å²) < 4.78 is 5.49. The third-order valence-electron chi connectivity index (χ3n) is 5.68. The van der Waals surface area contributed by atoms with E-state index in [1.54, 1.807) is 0 Å². The zero-order chi connectivity index (χ0) is 22.9. The van der Waals surface area contributed by atoms with Gasteiger partial charge in [0.15, 0.2) is 0 Å². The highest BCUT2D eigenvalue weighted by Gasteiger charge is 2.29. The number of carboxylic acid groups (broad SMARTS) is 1. The number of rotatable bonds is 11. The Bertz CT molecular complexity index is 913. The van der Waals surface area contributed by atoms with Crippen LogP contribution in [0.4, 0.5) is 4.79 Å². The first-order chi connectivity index (χ1) is 15.5. The fraction of sp³-hybridized carbons (Fsp3) is 0.400. The standard InChI is InChI=1S/C25H30N2O5/c1-2-3-8-15-26-24(30)22(13-14-23(28)29)27-25(31)32-16-21-19-11-6-4-9-17(19)18-10-5-7-12-20(18)21/h4-7,9-12,21-22H,2-3,8,13-16H2,1H3,(H,26,30)(H,27,31)(H,28,29). The van der Waals surface area contributed by atoms with Crippen molar-refractivity contribution in [2.75, 3.05) is 13.2 Å². The van der Waals surface area contributed by atoms with Gasteiger partial charge in [-0.15, -0.1) is 0 Å². The van der Waals surface area contributed by atoms with Crippen molar-refractivity contribution in [1.29, 1.82) is 0 Å². The van der Waals surface area contributed by atoms with Crippen LogP contribution in [-0.2, 0) is 14.3 Å². The maximum atomic E-state index is 12.5. The number of unbranched alkanes of at least 4 members (excludes halogenated alkanes) is 2.